The van der Waals surface area contributed by atoms with Crippen molar-refractivity contribution < 1.29 is 0 Å². The van der Waals surface area contributed by atoms with Crippen molar-refractivity contribution in [3.8, 4) is 0 Å². The van der Waals surface area contributed by atoms with Gasteiger partial charge in [0.1, 0.15) is 0 Å². The molecule has 0 radical (unpaired) electrons. The third kappa shape index (κ3) is 3.02. The smallest absolute Gasteiger partial charge is 0.0487 e. The monoisotopic (exact) mass is 255 g/mol. The summed E-state index contributed by atoms with van der Waals surface area (Å²) >= 11 is 3.59. The van der Waals surface area contributed by atoms with Crippen LogP contribution in [-0.4, -0.2) is 6.54 Å². The van der Waals surface area contributed by atoms with E-state index in [9.17, 15) is 0 Å². The van der Waals surface area contributed by atoms with Gasteiger partial charge in [-0.15, -0.1) is 0 Å². The van der Waals surface area contributed by atoms with E-state index in [0.29, 0.717) is 0 Å². The van der Waals surface area contributed by atoms with Gasteiger partial charge in [0.25, 0.3) is 0 Å². The molecule has 1 N–H and O–H groups in total. The molecule has 0 spiro atoms. The van der Waals surface area contributed by atoms with E-state index in [2.05, 4.69) is 60.2 Å². The Labute approximate surface area is 95.0 Å². The van der Waals surface area contributed by atoms with Crippen molar-refractivity contribution in [2.24, 2.45) is 5.92 Å². The SMILES string of the molecule is CCC(C)CNc1cccc(C)c1Br. The third-order valence-electron chi connectivity index (χ3n) is 2.53. The van der Waals surface area contributed by atoms with Crippen LogP contribution in [0.5, 0.6) is 0 Å². The molecule has 1 unspecified atom stereocenters. The molecule has 0 bridgehead atoms. The highest BCUT2D eigenvalue weighted by Crippen LogP contribution is 2.25. The molecule has 0 heterocycles. The lowest BCUT2D eigenvalue weighted by molar-refractivity contribution is 0.593. The zero-order valence-corrected chi connectivity index (χ0v) is 10.7. The van der Waals surface area contributed by atoms with Crippen LogP contribution < -0.4 is 5.32 Å². The molecule has 1 nitrogen and oxygen atoms in total. The van der Waals surface area contributed by atoms with Gasteiger partial charge in [-0.25, -0.2) is 0 Å². The summed E-state index contributed by atoms with van der Waals surface area (Å²) in [5.41, 5.74) is 2.48. The molecule has 0 saturated heterocycles. The van der Waals surface area contributed by atoms with E-state index in [0.717, 1.165) is 12.5 Å². The Balaban J connectivity index is 2.63. The molecule has 1 atom stereocenters. The first kappa shape index (κ1) is 11.6. The highest BCUT2D eigenvalue weighted by molar-refractivity contribution is 9.10. The van der Waals surface area contributed by atoms with E-state index in [-0.39, 0.29) is 0 Å². The first-order chi connectivity index (χ1) is 6.65. The minimum absolute atomic E-state index is 0.724. The van der Waals surface area contributed by atoms with Crippen LogP contribution in [0.1, 0.15) is 25.8 Å². The number of rotatable bonds is 4. The fourth-order valence-corrected chi connectivity index (χ4v) is 1.62. The Hall–Kier alpha value is -0.500. The number of anilines is 1. The largest absolute Gasteiger partial charge is 0.384 e. The molecule has 0 saturated carbocycles. The van der Waals surface area contributed by atoms with E-state index in [1.807, 2.05) is 0 Å². The van der Waals surface area contributed by atoms with Gasteiger partial charge >= 0.3 is 0 Å². The zero-order chi connectivity index (χ0) is 10.6. The number of hydrogen-bond acceptors (Lipinski definition) is 1. The lowest BCUT2D eigenvalue weighted by atomic mass is 10.1. The number of benzene rings is 1. The molecular weight excluding hydrogens is 238 g/mol. The zero-order valence-electron chi connectivity index (χ0n) is 9.10. The van der Waals surface area contributed by atoms with Crippen LogP contribution in [0.4, 0.5) is 5.69 Å². The van der Waals surface area contributed by atoms with Gasteiger partial charge in [0, 0.05) is 16.7 Å². The molecule has 0 fully saturated rings. The molecule has 1 aromatic rings. The summed E-state index contributed by atoms with van der Waals surface area (Å²) in [6.07, 6.45) is 1.22. The van der Waals surface area contributed by atoms with Crippen molar-refractivity contribution in [3.63, 3.8) is 0 Å². The molecule has 0 aliphatic rings. The second kappa shape index (κ2) is 5.40. The van der Waals surface area contributed by atoms with Crippen LogP contribution in [-0.2, 0) is 0 Å². The maximum absolute atomic E-state index is 3.59. The van der Waals surface area contributed by atoms with Crippen LogP contribution in [0.25, 0.3) is 0 Å². The highest BCUT2D eigenvalue weighted by atomic mass is 79.9. The molecule has 78 valence electrons. The molecule has 1 aromatic carbocycles. The molecular formula is C12H18BrN. The fourth-order valence-electron chi connectivity index (χ4n) is 1.21. The Kier molecular flexibility index (Phi) is 4.46. The van der Waals surface area contributed by atoms with E-state index in [1.54, 1.807) is 0 Å². The van der Waals surface area contributed by atoms with Crippen molar-refractivity contribution in [2.45, 2.75) is 27.2 Å². The van der Waals surface area contributed by atoms with Gasteiger partial charge in [-0.2, -0.15) is 0 Å². The summed E-state index contributed by atoms with van der Waals surface area (Å²) in [5.74, 6) is 0.724. The van der Waals surface area contributed by atoms with Gasteiger partial charge in [0.2, 0.25) is 0 Å². The predicted molar refractivity (Wildman–Crippen MR) is 66.8 cm³/mol. The van der Waals surface area contributed by atoms with Gasteiger partial charge in [-0.1, -0.05) is 32.4 Å². The predicted octanol–water partition coefficient (Wildman–Crippen LogP) is 4.22. The van der Waals surface area contributed by atoms with E-state index >= 15 is 0 Å². The standard InChI is InChI=1S/C12H18BrN/c1-4-9(2)8-14-11-7-5-6-10(3)12(11)13/h5-7,9,14H,4,8H2,1-3H3. The fraction of sp³-hybridized carbons (Fsp3) is 0.500. The third-order valence-corrected chi connectivity index (χ3v) is 3.58. The first-order valence-electron chi connectivity index (χ1n) is 5.14. The van der Waals surface area contributed by atoms with Crippen molar-refractivity contribution in [1.29, 1.82) is 0 Å². The van der Waals surface area contributed by atoms with Crippen molar-refractivity contribution in [1.82, 2.24) is 0 Å². The summed E-state index contributed by atoms with van der Waals surface area (Å²) in [4.78, 5) is 0. The summed E-state index contributed by atoms with van der Waals surface area (Å²) in [7, 11) is 0. The maximum Gasteiger partial charge on any atom is 0.0487 e. The topological polar surface area (TPSA) is 12.0 Å². The van der Waals surface area contributed by atoms with E-state index < -0.39 is 0 Å². The number of aryl methyl sites for hydroxylation is 1. The van der Waals surface area contributed by atoms with Gasteiger partial charge in [-0.3, -0.25) is 0 Å². The molecule has 0 aromatic heterocycles. The molecule has 1 rings (SSSR count). The summed E-state index contributed by atoms with van der Waals surface area (Å²) < 4.78 is 1.18. The summed E-state index contributed by atoms with van der Waals surface area (Å²) in [6, 6.07) is 6.30. The van der Waals surface area contributed by atoms with E-state index in [1.165, 1.54) is 22.1 Å². The van der Waals surface area contributed by atoms with E-state index in [4.69, 9.17) is 0 Å². The second-order valence-corrected chi connectivity index (χ2v) is 4.62. The summed E-state index contributed by atoms with van der Waals surface area (Å²) in [6.45, 7) is 7.63. The van der Waals surface area contributed by atoms with Crippen LogP contribution in [0.15, 0.2) is 22.7 Å². The average Bonchev–Trinajstić information content (AvgIpc) is 2.20. The Morgan fingerprint density at radius 1 is 1.43 bits per heavy atom. The molecule has 0 aliphatic heterocycles. The lowest BCUT2D eigenvalue weighted by Gasteiger charge is -2.13. The second-order valence-electron chi connectivity index (χ2n) is 3.83. The number of hydrogen-bond donors (Lipinski definition) is 1. The molecule has 0 aliphatic carbocycles. The molecule has 2 heteroatoms. The Morgan fingerprint density at radius 2 is 2.14 bits per heavy atom. The Bertz CT molecular complexity index is 296. The van der Waals surface area contributed by atoms with Gasteiger partial charge < -0.3 is 5.32 Å². The van der Waals surface area contributed by atoms with Crippen molar-refractivity contribution >= 4 is 21.6 Å². The van der Waals surface area contributed by atoms with Crippen LogP contribution in [0.2, 0.25) is 0 Å². The quantitative estimate of drug-likeness (QED) is 0.850. The van der Waals surface area contributed by atoms with Crippen molar-refractivity contribution in [2.75, 3.05) is 11.9 Å². The lowest BCUT2D eigenvalue weighted by Crippen LogP contribution is -2.10. The molecule has 14 heavy (non-hydrogen) atoms. The van der Waals surface area contributed by atoms with Gasteiger partial charge in [-0.05, 0) is 40.4 Å². The minimum Gasteiger partial charge on any atom is -0.384 e. The average molecular weight is 256 g/mol. The van der Waals surface area contributed by atoms with Gasteiger partial charge in [0.05, 0.1) is 0 Å². The number of halogens is 1. The van der Waals surface area contributed by atoms with Crippen molar-refractivity contribution in [3.05, 3.63) is 28.2 Å². The Morgan fingerprint density at radius 3 is 2.79 bits per heavy atom. The maximum atomic E-state index is 3.59. The highest BCUT2D eigenvalue weighted by Gasteiger charge is 2.03. The summed E-state index contributed by atoms with van der Waals surface area (Å²) in [5, 5.41) is 3.46. The minimum atomic E-state index is 0.724. The van der Waals surface area contributed by atoms with Crippen LogP contribution >= 0.6 is 15.9 Å². The molecule has 0 amide bonds. The van der Waals surface area contributed by atoms with Crippen LogP contribution in [0.3, 0.4) is 0 Å². The first-order valence-corrected chi connectivity index (χ1v) is 5.93. The number of nitrogens with one attached hydrogen (secondary N) is 1. The van der Waals surface area contributed by atoms with Crippen LogP contribution in [0, 0.1) is 12.8 Å². The normalized spacial score (nSPS) is 12.6. The van der Waals surface area contributed by atoms with Gasteiger partial charge in [0.15, 0.2) is 0 Å².